The summed E-state index contributed by atoms with van der Waals surface area (Å²) in [7, 11) is 0. The first kappa shape index (κ1) is 18.9. The van der Waals surface area contributed by atoms with E-state index in [1.165, 1.54) is 44.6 Å². The van der Waals surface area contributed by atoms with Crippen molar-refractivity contribution in [3.05, 3.63) is 35.5 Å². The molecular formula is C23H29N3O2. The van der Waals surface area contributed by atoms with Gasteiger partial charge in [-0.3, -0.25) is 4.79 Å². The zero-order valence-corrected chi connectivity index (χ0v) is 16.7. The van der Waals surface area contributed by atoms with Crippen LogP contribution < -0.4 is 10.6 Å². The van der Waals surface area contributed by atoms with Gasteiger partial charge in [0.25, 0.3) is 5.91 Å². The number of amides is 1. The average molecular weight is 380 g/mol. The van der Waals surface area contributed by atoms with Crippen LogP contribution in [0.3, 0.4) is 0 Å². The molecule has 0 saturated heterocycles. The van der Waals surface area contributed by atoms with E-state index in [1.807, 2.05) is 6.07 Å². The minimum absolute atomic E-state index is 0.0732. The van der Waals surface area contributed by atoms with E-state index in [-0.39, 0.29) is 17.4 Å². The third kappa shape index (κ3) is 3.48. The van der Waals surface area contributed by atoms with Crippen LogP contribution in [-0.4, -0.2) is 17.1 Å². The van der Waals surface area contributed by atoms with Crippen LogP contribution in [0.25, 0.3) is 0 Å². The Kier molecular flexibility index (Phi) is 4.82. The highest BCUT2D eigenvalue weighted by Gasteiger charge is 2.53. The Labute approximate surface area is 166 Å². The van der Waals surface area contributed by atoms with Gasteiger partial charge in [-0.25, -0.2) is 0 Å². The summed E-state index contributed by atoms with van der Waals surface area (Å²) in [6.07, 6.45) is 9.64. The van der Waals surface area contributed by atoms with Gasteiger partial charge in [0, 0.05) is 17.9 Å². The third-order valence-electron chi connectivity index (χ3n) is 7.31. The van der Waals surface area contributed by atoms with Crippen molar-refractivity contribution in [1.82, 2.24) is 5.32 Å². The molecule has 5 nitrogen and oxygen atoms in total. The van der Waals surface area contributed by atoms with Gasteiger partial charge in [-0.2, -0.15) is 5.26 Å². The molecule has 1 unspecified atom stereocenters. The molecule has 28 heavy (non-hydrogen) atoms. The van der Waals surface area contributed by atoms with E-state index in [1.54, 1.807) is 25.3 Å². The van der Waals surface area contributed by atoms with E-state index in [9.17, 15) is 15.2 Å². The molecule has 4 fully saturated rings. The summed E-state index contributed by atoms with van der Waals surface area (Å²) in [6.45, 7) is 4.01. The average Bonchev–Trinajstić information content (AvgIpc) is 2.63. The van der Waals surface area contributed by atoms with Gasteiger partial charge in [0.05, 0.1) is 0 Å². The van der Waals surface area contributed by atoms with Gasteiger partial charge >= 0.3 is 0 Å². The molecule has 1 atom stereocenters. The number of carbonyl (C=O) groups excluding carboxylic acids is 1. The molecule has 0 aromatic heterocycles. The maximum Gasteiger partial charge on any atom is 0.267 e. The number of nitrogens with one attached hydrogen (secondary N) is 2. The lowest BCUT2D eigenvalue weighted by Gasteiger charge is -2.59. The Morgan fingerprint density at radius 2 is 1.86 bits per heavy atom. The monoisotopic (exact) mass is 379 g/mol. The van der Waals surface area contributed by atoms with E-state index in [0.717, 1.165) is 23.3 Å². The molecule has 1 aromatic rings. The third-order valence-corrected chi connectivity index (χ3v) is 7.31. The predicted molar refractivity (Wildman–Crippen MR) is 108 cm³/mol. The van der Waals surface area contributed by atoms with Gasteiger partial charge < -0.3 is 15.7 Å². The van der Waals surface area contributed by atoms with Gasteiger partial charge in [0.1, 0.15) is 17.4 Å². The van der Waals surface area contributed by atoms with E-state index in [2.05, 4.69) is 17.6 Å². The summed E-state index contributed by atoms with van der Waals surface area (Å²) >= 11 is 0. The maximum absolute atomic E-state index is 12.5. The number of benzene rings is 1. The molecule has 5 heteroatoms. The fourth-order valence-electron chi connectivity index (χ4n) is 6.22. The van der Waals surface area contributed by atoms with Gasteiger partial charge in [-0.05, 0) is 99.3 Å². The van der Waals surface area contributed by atoms with Crippen LogP contribution in [0, 0.1) is 41.4 Å². The predicted octanol–water partition coefficient (Wildman–Crippen LogP) is 4.24. The lowest BCUT2D eigenvalue weighted by atomic mass is 9.48. The number of nitrogens with zero attached hydrogens (tertiary/aromatic N) is 1. The van der Waals surface area contributed by atoms with Crippen LogP contribution in [0.1, 0.15) is 51.0 Å². The fraction of sp³-hybridized carbons (Fsp3) is 0.565. The van der Waals surface area contributed by atoms with Crippen molar-refractivity contribution in [3.63, 3.8) is 0 Å². The molecule has 5 rings (SSSR count). The summed E-state index contributed by atoms with van der Waals surface area (Å²) < 4.78 is 0. The van der Waals surface area contributed by atoms with E-state index >= 15 is 0 Å². The molecule has 148 valence electrons. The molecule has 0 heterocycles. The summed E-state index contributed by atoms with van der Waals surface area (Å²) in [5.41, 5.74) is 1.73. The van der Waals surface area contributed by atoms with Crippen LogP contribution >= 0.6 is 0 Å². The topological polar surface area (TPSA) is 85.2 Å². The van der Waals surface area contributed by atoms with Crippen LogP contribution in [0.15, 0.2) is 30.0 Å². The number of phenols is 1. The highest BCUT2D eigenvalue weighted by atomic mass is 16.3. The maximum atomic E-state index is 12.5. The summed E-state index contributed by atoms with van der Waals surface area (Å²) in [4.78, 5) is 12.5. The molecule has 3 N–H and O–H groups in total. The number of aromatic hydroxyl groups is 1. The van der Waals surface area contributed by atoms with Crippen LogP contribution in [-0.2, 0) is 4.79 Å². The first-order valence-corrected chi connectivity index (χ1v) is 10.4. The normalized spacial score (nSPS) is 31.9. The molecule has 1 amide bonds. The second-order valence-corrected chi connectivity index (χ2v) is 9.29. The van der Waals surface area contributed by atoms with Crippen LogP contribution in [0.5, 0.6) is 5.75 Å². The minimum atomic E-state index is -0.429. The van der Waals surface area contributed by atoms with Gasteiger partial charge in [0.15, 0.2) is 0 Å². The number of aryl methyl sites for hydroxylation is 1. The van der Waals surface area contributed by atoms with Crippen molar-refractivity contribution in [1.29, 1.82) is 5.26 Å². The molecule has 1 aromatic carbocycles. The molecular weight excluding hydrogens is 350 g/mol. The molecule has 4 bridgehead atoms. The van der Waals surface area contributed by atoms with Crippen LogP contribution in [0.4, 0.5) is 5.69 Å². The number of carbonyl (C=O) groups is 1. The largest absolute Gasteiger partial charge is 0.508 e. The van der Waals surface area contributed by atoms with Gasteiger partial charge in [0.2, 0.25) is 0 Å². The lowest BCUT2D eigenvalue weighted by molar-refractivity contribution is -0.112. The first-order chi connectivity index (χ1) is 13.4. The number of hydrogen-bond acceptors (Lipinski definition) is 4. The molecule has 4 aliphatic rings. The van der Waals surface area contributed by atoms with Crippen LogP contribution in [0.2, 0.25) is 0 Å². The molecule has 0 aliphatic heterocycles. The number of phenolic OH excluding ortho intramolecular Hbond substituents is 1. The van der Waals surface area contributed by atoms with E-state index < -0.39 is 5.91 Å². The van der Waals surface area contributed by atoms with E-state index in [0.29, 0.717) is 11.1 Å². The number of nitriles is 1. The Balaban J connectivity index is 1.43. The Morgan fingerprint density at radius 3 is 2.39 bits per heavy atom. The molecule has 0 radical (unpaired) electrons. The Hall–Kier alpha value is -2.48. The number of anilines is 1. The van der Waals surface area contributed by atoms with E-state index in [4.69, 9.17) is 0 Å². The summed E-state index contributed by atoms with van der Waals surface area (Å²) in [5.74, 6) is 2.33. The van der Waals surface area contributed by atoms with Gasteiger partial charge in [-0.15, -0.1) is 0 Å². The Morgan fingerprint density at radius 1 is 1.25 bits per heavy atom. The molecule has 4 aliphatic carbocycles. The number of rotatable bonds is 5. The first-order valence-electron chi connectivity index (χ1n) is 10.4. The summed E-state index contributed by atoms with van der Waals surface area (Å²) in [6, 6.07) is 7.02. The highest BCUT2D eigenvalue weighted by molar-refractivity contribution is 6.06. The number of hydrogen-bond donors (Lipinski definition) is 3. The standard InChI is InChI=1S/C23H29N3O2/c1-14-5-20(27)3-4-21(14)26-22(28)19(12-24)13-25-15(2)23-9-16-6-17(10-23)8-18(7-16)11-23/h3-5,13,15-18,25,27H,6-11H2,1-2H3,(H,26,28)/b19-13-. The van der Waals surface area contributed by atoms with Gasteiger partial charge in [-0.1, -0.05) is 0 Å². The van der Waals surface area contributed by atoms with Crippen molar-refractivity contribution in [3.8, 4) is 11.8 Å². The zero-order valence-electron chi connectivity index (χ0n) is 16.7. The van der Waals surface area contributed by atoms with Crippen molar-refractivity contribution < 1.29 is 9.90 Å². The Bertz CT molecular complexity index is 817. The lowest BCUT2D eigenvalue weighted by Crippen LogP contribution is -2.54. The summed E-state index contributed by atoms with van der Waals surface area (Å²) in [5, 5.41) is 25.1. The van der Waals surface area contributed by atoms with Crippen molar-refractivity contribution in [2.75, 3.05) is 5.32 Å². The molecule has 0 spiro atoms. The zero-order chi connectivity index (χ0) is 19.9. The van der Waals surface area contributed by atoms with Crippen molar-refractivity contribution in [2.45, 2.75) is 58.4 Å². The second kappa shape index (κ2) is 7.16. The smallest absolute Gasteiger partial charge is 0.267 e. The highest BCUT2D eigenvalue weighted by Crippen LogP contribution is 2.61. The fourth-order valence-corrected chi connectivity index (χ4v) is 6.22. The second-order valence-electron chi connectivity index (χ2n) is 9.29. The quantitative estimate of drug-likeness (QED) is 0.406. The van der Waals surface area contributed by atoms with Crippen molar-refractivity contribution in [2.24, 2.45) is 23.2 Å². The SMILES string of the molecule is Cc1cc(O)ccc1NC(=O)/C(C#N)=C\NC(C)C12CC3CC(CC(C3)C1)C2. The molecule has 4 saturated carbocycles. The van der Waals surface area contributed by atoms with Crippen molar-refractivity contribution >= 4 is 11.6 Å². The minimum Gasteiger partial charge on any atom is -0.508 e.